The second-order valence-electron chi connectivity index (χ2n) is 4.22. The van der Waals surface area contributed by atoms with E-state index in [1.54, 1.807) is 20.8 Å². The second kappa shape index (κ2) is 6.83. The molecule has 0 heterocycles. The van der Waals surface area contributed by atoms with Crippen molar-refractivity contribution in [1.82, 2.24) is 0 Å². The van der Waals surface area contributed by atoms with E-state index < -0.39 is 17.5 Å². The lowest BCUT2D eigenvalue weighted by Crippen LogP contribution is -2.24. The Balaban J connectivity index is 3.68. The fraction of sp³-hybridized carbons (Fsp3) is 0.727. The summed E-state index contributed by atoms with van der Waals surface area (Å²) in [5.41, 5.74) is -0.540. The SMILES string of the molecule is CC(C)(C)OC(=O)CCC(=O)OCCC#N. The lowest BCUT2D eigenvalue weighted by Gasteiger charge is -2.19. The van der Waals surface area contributed by atoms with Crippen LogP contribution in [0.1, 0.15) is 40.0 Å². The molecule has 5 nitrogen and oxygen atoms in total. The van der Waals surface area contributed by atoms with Gasteiger partial charge in [-0.05, 0) is 20.8 Å². The lowest BCUT2D eigenvalue weighted by molar-refractivity contribution is -0.158. The Labute approximate surface area is 95.3 Å². The van der Waals surface area contributed by atoms with E-state index in [2.05, 4.69) is 0 Å². The molecule has 0 aliphatic rings. The molecule has 0 fully saturated rings. The molecule has 0 aromatic rings. The molecule has 0 saturated heterocycles. The maximum Gasteiger partial charge on any atom is 0.306 e. The molecule has 0 aromatic carbocycles. The third-order valence-electron chi connectivity index (χ3n) is 1.43. The molecule has 0 radical (unpaired) electrons. The standard InChI is InChI=1S/C11H17NO4/c1-11(2,3)16-10(14)6-5-9(13)15-8-4-7-12/h4-6,8H2,1-3H3. The first-order chi connectivity index (χ1) is 7.35. The van der Waals surface area contributed by atoms with Crippen molar-refractivity contribution in [3.05, 3.63) is 0 Å². The van der Waals surface area contributed by atoms with E-state index in [1.807, 2.05) is 6.07 Å². The van der Waals surface area contributed by atoms with Crippen LogP contribution in [0.2, 0.25) is 0 Å². The Morgan fingerprint density at radius 3 is 2.25 bits per heavy atom. The first kappa shape index (κ1) is 14.4. The van der Waals surface area contributed by atoms with Gasteiger partial charge in [0.1, 0.15) is 12.2 Å². The fourth-order valence-corrected chi connectivity index (χ4v) is 0.879. The smallest absolute Gasteiger partial charge is 0.306 e. The minimum Gasteiger partial charge on any atom is -0.465 e. The minimum absolute atomic E-state index is 0.00264. The highest BCUT2D eigenvalue weighted by atomic mass is 16.6. The molecule has 0 bridgehead atoms. The first-order valence-electron chi connectivity index (χ1n) is 5.09. The van der Waals surface area contributed by atoms with Crippen molar-refractivity contribution in [1.29, 1.82) is 5.26 Å². The van der Waals surface area contributed by atoms with Crippen LogP contribution in [0.25, 0.3) is 0 Å². The van der Waals surface area contributed by atoms with Crippen LogP contribution in [-0.2, 0) is 19.1 Å². The average molecular weight is 227 g/mol. The number of hydrogen-bond donors (Lipinski definition) is 0. The van der Waals surface area contributed by atoms with Crippen LogP contribution < -0.4 is 0 Å². The van der Waals surface area contributed by atoms with Crippen LogP contribution in [0.5, 0.6) is 0 Å². The Bertz CT molecular complexity index is 285. The highest BCUT2D eigenvalue weighted by Gasteiger charge is 2.17. The summed E-state index contributed by atoms with van der Waals surface area (Å²) < 4.78 is 9.71. The van der Waals surface area contributed by atoms with Gasteiger partial charge in [-0.3, -0.25) is 9.59 Å². The summed E-state index contributed by atoms with van der Waals surface area (Å²) in [5, 5.41) is 8.21. The normalized spacial score (nSPS) is 10.4. The van der Waals surface area contributed by atoms with E-state index in [-0.39, 0.29) is 25.9 Å². The number of ether oxygens (including phenoxy) is 2. The van der Waals surface area contributed by atoms with Gasteiger partial charge in [-0.2, -0.15) is 5.26 Å². The van der Waals surface area contributed by atoms with Crippen molar-refractivity contribution < 1.29 is 19.1 Å². The molecule has 90 valence electrons. The molecule has 0 aliphatic carbocycles. The first-order valence-corrected chi connectivity index (χ1v) is 5.09. The van der Waals surface area contributed by atoms with E-state index >= 15 is 0 Å². The van der Waals surface area contributed by atoms with E-state index in [0.717, 1.165) is 0 Å². The Hall–Kier alpha value is -1.57. The zero-order valence-corrected chi connectivity index (χ0v) is 9.91. The van der Waals surface area contributed by atoms with Crippen molar-refractivity contribution in [3.63, 3.8) is 0 Å². The lowest BCUT2D eigenvalue weighted by atomic mass is 10.2. The van der Waals surface area contributed by atoms with Gasteiger partial charge in [-0.25, -0.2) is 0 Å². The molecule has 5 heteroatoms. The molecule has 0 aromatic heterocycles. The van der Waals surface area contributed by atoms with Crippen LogP contribution in [0.15, 0.2) is 0 Å². The summed E-state index contributed by atoms with van der Waals surface area (Å²) in [6, 6.07) is 1.85. The van der Waals surface area contributed by atoms with E-state index in [9.17, 15) is 9.59 Å². The Kier molecular flexibility index (Phi) is 6.16. The van der Waals surface area contributed by atoms with Gasteiger partial charge < -0.3 is 9.47 Å². The third-order valence-corrected chi connectivity index (χ3v) is 1.43. The number of nitrogens with zero attached hydrogens (tertiary/aromatic N) is 1. The van der Waals surface area contributed by atoms with Crippen LogP contribution in [-0.4, -0.2) is 24.1 Å². The molecule has 0 rings (SSSR count). The van der Waals surface area contributed by atoms with Gasteiger partial charge in [0.05, 0.1) is 25.3 Å². The highest BCUT2D eigenvalue weighted by Crippen LogP contribution is 2.09. The summed E-state index contributed by atoms with van der Waals surface area (Å²) in [6.45, 7) is 5.35. The summed E-state index contributed by atoms with van der Waals surface area (Å²) in [6.07, 6.45) is 0.154. The van der Waals surface area contributed by atoms with E-state index in [0.29, 0.717) is 0 Å². The Morgan fingerprint density at radius 2 is 1.75 bits per heavy atom. The molecule has 16 heavy (non-hydrogen) atoms. The molecule has 0 unspecified atom stereocenters. The second-order valence-corrected chi connectivity index (χ2v) is 4.22. The van der Waals surface area contributed by atoms with Gasteiger partial charge in [0, 0.05) is 0 Å². The van der Waals surface area contributed by atoms with Crippen molar-refractivity contribution in [2.75, 3.05) is 6.61 Å². The third kappa shape index (κ3) is 9.00. The zero-order chi connectivity index (χ0) is 12.6. The fourth-order valence-electron chi connectivity index (χ4n) is 0.879. The molecule has 0 atom stereocenters. The van der Waals surface area contributed by atoms with Gasteiger partial charge in [0.15, 0.2) is 0 Å². The molecule has 0 saturated carbocycles. The van der Waals surface area contributed by atoms with Gasteiger partial charge >= 0.3 is 11.9 Å². The number of rotatable bonds is 5. The highest BCUT2D eigenvalue weighted by molar-refractivity contribution is 5.77. The monoisotopic (exact) mass is 227 g/mol. The van der Waals surface area contributed by atoms with Crippen molar-refractivity contribution in [3.8, 4) is 6.07 Å². The van der Waals surface area contributed by atoms with Crippen molar-refractivity contribution in [2.45, 2.75) is 45.6 Å². The molecule has 0 spiro atoms. The van der Waals surface area contributed by atoms with Gasteiger partial charge in [0.2, 0.25) is 0 Å². The number of esters is 2. The predicted molar refractivity (Wildman–Crippen MR) is 56.3 cm³/mol. The van der Waals surface area contributed by atoms with E-state index in [1.165, 1.54) is 0 Å². The van der Waals surface area contributed by atoms with Crippen LogP contribution >= 0.6 is 0 Å². The van der Waals surface area contributed by atoms with Crippen LogP contribution in [0.4, 0.5) is 0 Å². The molecule has 0 amide bonds. The van der Waals surface area contributed by atoms with E-state index in [4.69, 9.17) is 14.7 Å². The van der Waals surface area contributed by atoms with Gasteiger partial charge in [-0.15, -0.1) is 0 Å². The molecule has 0 N–H and O–H groups in total. The minimum atomic E-state index is -0.540. The average Bonchev–Trinajstić information content (AvgIpc) is 2.12. The quantitative estimate of drug-likeness (QED) is 0.526. The number of carbonyl (C=O) groups is 2. The topological polar surface area (TPSA) is 76.4 Å². The number of nitriles is 1. The molecular formula is C11H17NO4. The van der Waals surface area contributed by atoms with Crippen molar-refractivity contribution >= 4 is 11.9 Å². The number of carbonyl (C=O) groups excluding carboxylic acids is 2. The molecule has 0 aliphatic heterocycles. The maximum absolute atomic E-state index is 11.2. The predicted octanol–water partition coefficient (Wildman–Crippen LogP) is 1.57. The zero-order valence-electron chi connectivity index (χ0n) is 9.91. The van der Waals surface area contributed by atoms with Gasteiger partial charge in [0.25, 0.3) is 0 Å². The largest absolute Gasteiger partial charge is 0.465 e. The summed E-state index contributed by atoms with van der Waals surface area (Å²) in [7, 11) is 0. The summed E-state index contributed by atoms with van der Waals surface area (Å²) in [5.74, 6) is -0.911. The molecular weight excluding hydrogens is 210 g/mol. The Morgan fingerprint density at radius 1 is 1.19 bits per heavy atom. The van der Waals surface area contributed by atoms with Crippen LogP contribution in [0.3, 0.4) is 0 Å². The van der Waals surface area contributed by atoms with Crippen LogP contribution in [0, 0.1) is 11.3 Å². The number of hydrogen-bond acceptors (Lipinski definition) is 5. The summed E-state index contributed by atoms with van der Waals surface area (Å²) in [4.78, 5) is 22.3. The van der Waals surface area contributed by atoms with Crippen molar-refractivity contribution in [2.24, 2.45) is 0 Å². The summed E-state index contributed by atoms with van der Waals surface area (Å²) >= 11 is 0. The maximum atomic E-state index is 11.2. The van der Waals surface area contributed by atoms with Gasteiger partial charge in [-0.1, -0.05) is 0 Å².